The lowest BCUT2D eigenvalue weighted by Crippen LogP contribution is -2.02. The van der Waals surface area contributed by atoms with Gasteiger partial charge in [0.1, 0.15) is 17.1 Å². The number of hydrogen-bond donors (Lipinski definition) is 0. The number of hydrogen-bond acceptors (Lipinski definition) is 3. The third kappa shape index (κ3) is 3.69. The highest BCUT2D eigenvalue weighted by Gasteiger charge is 2.20. The largest absolute Gasteiger partial charge is 0.496 e. The lowest BCUT2D eigenvalue weighted by atomic mass is 10.2. The van der Waals surface area contributed by atoms with E-state index in [0.717, 1.165) is 23.5 Å². The molecule has 1 aromatic carbocycles. The molecule has 0 heterocycles. The third-order valence-electron chi connectivity index (χ3n) is 2.54. The minimum atomic E-state index is 0.0958. The highest BCUT2D eigenvalue weighted by Crippen LogP contribution is 2.39. The van der Waals surface area contributed by atoms with E-state index in [2.05, 4.69) is 22.9 Å². The standard InChI is InChI=1S/C13H18BrO3P/c1-4-5-8-18-13(15)11-10(16-2)7-6-9(14)12(11)17-3/h6-7,18H,4-5,8H2,1-3H3. The zero-order valence-corrected chi connectivity index (χ0v) is 13.5. The predicted molar refractivity (Wildman–Crippen MR) is 79.7 cm³/mol. The fraction of sp³-hybridized carbons (Fsp3) is 0.462. The van der Waals surface area contributed by atoms with Crippen molar-refractivity contribution in [2.45, 2.75) is 19.8 Å². The van der Waals surface area contributed by atoms with Gasteiger partial charge < -0.3 is 9.47 Å². The molecule has 0 saturated carbocycles. The maximum atomic E-state index is 12.3. The van der Waals surface area contributed by atoms with E-state index in [0.29, 0.717) is 17.1 Å². The van der Waals surface area contributed by atoms with Gasteiger partial charge in [-0.1, -0.05) is 13.3 Å². The molecule has 18 heavy (non-hydrogen) atoms. The molecule has 0 amide bonds. The summed E-state index contributed by atoms with van der Waals surface area (Å²) in [6.45, 7) is 2.12. The van der Waals surface area contributed by atoms with Crippen LogP contribution in [0.25, 0.3) is 0 Å². The second kappa shape index (κ2) is 7.75. The SMILES string of the molecule is CCCCPC(=O)c1c(OC)ccc(Br)c1OC. The summed E-state index contributed by atoms with van der Waals surface area (Å²) in [6, 6.07) is 3.60. The Morgan fingerprint density at radius 1 is 1.33 bits per heavy atom. The van der Waals surface area contributed by atoms with Crippen LogP contribution in [-0.4, -0.2) is 25.9 Å². The van der Waals surface area contributed by atoms with Gasteiger partial charge in [-0.2, -0.15) is 0 Å². The summed E-state index contributed by atoms with van der Waals surface area (Å²) in [5.74, 6) is 1.13. The van der Waals surface area contributed by atoms with E-state index in [-0.39, 0.29) is 14.1 Å². The Morgan fingerprint density at radius 3 is 2.61 bits per heavy atom. The van der Waals surface area contributed by atoms with Crippen LogP contribution in [0.2, 0.25) is 0 Å². The molecule has 0 N–H and O–H groups in total. The van der Waals surface area contributed by atoms with Crippen LogP contribution >= 0.6 is 24.5 Å². The van der Waals surface area contributed by atoms with Gasteiger partial charge in [-0.05, 0) is 49.2 Å². The van der Waals surface area contributed by atoms with Crippen LogP contribution in [-0.2, 0) is 0 Å². The van der Waals surface area contributed by atoms with Crippen LogP contribution < -0.4 is 9.47 Å². The average molecular weight is 333 g/mol. The average Bonchev–Trinajstić information content (AvgIpc) is 2.38. The van der Waals surface area contributed by atoms with E-state index in [1.54, 1.807) is 20.3 Å². The van der Waals surface area contributed by atoms with Crippen molar-refractivity contribution in [3.05, 3.63) is 22.2 Å². The van der Waals surface area contributed by atoms with Crippen LogP contribution in [0.1, 0.15) is 30.1 Å². The van der Waals surface area contributed by atoms with E-state index in [1.807, 2.05) is 6.07 Å². The number of carbonyl (C=O) groups excluding carboxylic acids is 1. The normalized spacial score (nSPS) is 10.9. The summed E-state index contributed by atoms with van der Waals surface area (Å²) in [4.78, 5) is 12.3. The topological polar surface area (TPSA) is 35.5 Å². The van der Waals surface area contributed by atoms with Gasteiger partial charge in [0.15, 0.2) is 5.52 Å². The van der Waals surface area contributed by atoms with Crippen LogP contribution in [0.15, 0.2) is 16.6 Å². The highest BCUT2D eigenvalue weighted by atomic mass is 79.9. The molecule has 1 aromatic rings. The van der Waals surface area contributed by atoms with Gasteiger partial charge in [-0.3, -0.25) is 4.79 Å². The zero-order valence-electron chi connectivity index (χ0n) is 10.9. The van der Waals surface area contributed by atoms with Crippen molar-refractivity contribution >= 4 is 30.0 Å². The zero-order chi connectivity index (χ0) is 13.5. The first kappa shape index (κ1) is 15.5. The maximum absolute atomic E-state index is 12.3. The predicted octanol–water partition coefficient (Wildman–Crippen LogP) is 4.09. The molecule has 5 heteroatoms. The molecule has 0 spiro atoms. The summed E-state index contributed by atoms with van der Waals surface area (Å²) in [5, 5.41) is 0. The summed E-state index contributed by atoms with van der Waals surface area (Å²) in [7, 11) is 3.39. The Kier molecular flexibility index (Phi) is 6.66. The van der Waals surface area contributed by atoms with Crippen molar-refractivity contribution in [1.29, 1.82) is 0 Å². The van der Waals surface area contributed by atoms with E-state index in [4.69, 9.17) is 9.47 Å². The van der Waals surface area contributed by atoms with Crippen LogP contribution in [0.3, 0.4) is 0 Å². The molecule has 0 aliphatic rings. The Balaban J connectivity index is 3.03. The Bertz CT molecular complexity index is 421. The van der Waals surface area contributed by atoms with Gasteiger partial charge in [0.25, 0.3) is 0 Å². The first-order valence-electron chi connectivity index (χ1n) is 5.84. The first-order chi connectivity index (χ1) is 8.65. The summed E-state index contributed by atoms with van der Waals surface area (Å²) in [6.07, 6.45) is 3.10. The number of methoxy groups -OCH3 is 2. The molecule has 0 fully saturated rings. The second-order valence-electron chi connectivity index (χ2n) is 3.77. The Labute approximate surface area is 118 Å². The number of benzene rings is 1. The molecule has 100 valence electrons. The summed E-state index contributed by atoms with van der Waals surface area (Å²) < 4.78 is 11.3. The first-order valence-corrected chi connectivity index (χ1v) is 7.84. The number of unbranched alkanes of at least 4 members (excludes halogenated alkanes) is 1. The van der Waals surface area contributed by atoms with Crippen LogP contribution in [0, 0.1) is 0 Å². The van der Waals surface area contributed by atoms with E-state index < -0.39 is 0 Å². The van der Waals surface area contributed by atoms with Crippen molar-refractivity contribution in [1.82, 2.24) is 0 Å². The fourth-order valence-electron chi connectivity index (χ4n) is 1.59. The van der Waals surface area contributed by atoms with Gasteiger partial charge in [0.2, 0.25) is 0 Å². The molecule has 0 aromatic heterocycles. The van der Waals surface area contributed by atoms with Crippen molar-refractivity contribution in [3.63, 3.8) is 0 Å². The fourth-order valence-corrected chi connectivity index (χ4v) is 3.25. The third-order valence-corrected chi connectivity index (χ3v) is 4.34. The van der Waals surface area contributed by atoms with Crippen molar-refractivity contribution in [2.24, 2.45) is 0 Å². The molecule has 1 atom stereocenters. The quantitative estimate of drug-likeness (QED) is 0.557. The smallest absolute Gasteiger partial charge is 0.188 e. The van der Waals surface area contributed by atoms with E-state index in [1.165, 1.54) is 0 Å². The van der Waals surface area contributed by atoms with Gasteiger partial charge in [-0.15, -0.1) is 0 Å². The van der Waals surface area contributed by atoms with Crippen molar-refractivity contribution < 1.29 is 14.3 Å². The van der Waals surface area contributed by atoms with Crippen LogP contribution in [0.5, 0.6) is 11.5 Å². The molecular formula is C13H18BrO3P. The molecule has 0 bridgehead atoms. The molecule has 0 aliphatic carbocycles. The number of ether oxygens (including phenoxy) is 2. The molecule has 0 aliphatic heterocycles. The van der Waals surface area contributed by atoms with Crippen LogP contribution in [0.4, 0.5) is 0 Å². The van der Waals surface area contributed by atoms with Gasteiger partial charge >= 0.3 is 0 Å². The van der Waals surface area contributed by atoms with Crippen molar-refractivity contribution in [2.75, 3.05) is 20.4 Å². The molecule has 1 unspecified atom stereocenters. The molecule has 3 nitrogen and oxygen atoms in total. The van der Waals surface area contributed by atoms with E-state index in [9.17, 15) is 4.79 Å². The maximum Gasteiger partial charge on any atom is 0.188 e. The number of carbonyl (C=O) groups is 1. The monoisotopic (exact) mass is 332 g/mol. The number of rotatable bonds is 7. The Hall–Kier alpha value is -0.600. The molecule has 0 radical (unpaired) electrons. The van der Waals surface area contributed by atoms with Gasteiger partial charge in [0, 0.05) is 0 Å². The number of halogens is 1. The Morgan fingerprint density at radius 2 is 2.06 bits per heavy atom. The van der Waals surface area contributed by atoms with Gasteiger partial charge in [-0.25, -0.2) is 0 Å². The molecule has 1 rings (SSSR count). The molecular weight excluding hydrogens is 315 g/mol. The highest BCUT2D eigenvalue weighted by molar-refractivity contribution is 9.10. The van der Waals surface area contributed by atoms with Crippen molar-refractivity contribution in [3.8, 4) is 11.5 Å². The molecule has 0 saturated heterocycles. The van der Waals surface area contributed by atoms with E-state index >= 15 is 0 Å². The lowest BCUT2D eigenvalue weighted by Gasteiger charge is -2.13. The second-order valence-corrected chi connectivity index (χ2v) is 5.93. The minimum Gasteiger partial charge on any atom is -0.496 e. The van der Waals surface area contributed by atoms with Gasteiger partial charge in [0.05, 0.1) is 18.7 Å². The minimum absolute atomic E-state index is 0.0958. The summed E-state index contributed by atoms with van der Waals surface area (Å²) in [5.41, 5.74) is 0.641. The summed E-state index contributed by atoms with van der Waals surface area (Å²) >= 11 is 3.39. The lowest BCUT2D eigenvalue weighted by molar-refractivity contribution is 0.107.